The van der Waals surface area contributed by atoms with Crippen molar-refractivity contribution in [2.24, 2.45) is 5.14 Å². The lowest BCUT2D eigenvalue weighted by Crippen LogP contribution is -2.36. The quantitative estimate of drug-likeness (QED) is 0.885. The van der Waals surface area contributed by atoms with Gasteiger partial charge in [0.15, 0.2) is 0 Å². The van der Waals surface area contributed by atoms with Crippen LogP contribution in [0.1, 0.15) is 26.7 Å². The van der Waals surface area contributed by atoms with Crippen molar-refractivity contribution in [2.75, 3.05) is 5.32 Å². The number of hydrogen-bond donors (Lipinski definition) is 2. The lowest BCUT2D eigenvalue weighted by atomic mass is 9.99. The van der Waals surface area contributed by atoms with Gasteiger partial charge in [-0.2, -0.15) is 0 Å². The maximum atomic E-state index is 11.2. The van der Waals surface area contributed by atoms with E-state index in [0.29, 0.717) is 6.04 Å². The highest BCUT2D eigenvalue weighted by Crippen LogP contribution is 2.23. The van der Waals surface area contributed by atoms with Gasteiger partial charge in [0.1, 0.15) is 0 Å². The van der Waals surface area contributed by atoms with E-state index in [9.17, 15) is 8.42 Å². The Morgan fingerprint density at radius 1 is 1.16 bits per heavy atom. The second-order valence-corrected chi connectivity index (χ2v) is 6.70. The lowest BCUT2D eigenvalue weighted by molar-refractivity contribution is -0.0337. The summed E-state index contributed by atoms with van der Waals surface area (Å²) in [5.74, 6) is 0. The first-order valence-corrected chi connectivity index (χ1v) is 7.94. The van der Waals surface area contributed by atoms with Gasteiger partial charge in [0, 0.05) is 11.7 Å². The standard InChI is InChI=1S/C13H20N2O3S/c1-9-7-12(8-10(2)18-9)15-11-3-5-13(6-4-11)19(14,16)17/h3-6,9-10,12,15H,7-8H2,1-2H3,(H2,14,16,17). The van der Waals surface area contributed by atoms with E-state index in [1.165, 1.54) is 12.1 Å². The summed E-state index contributed by atoms with van der Waals surface area (Å²) in [6.45, 7) is 4.13. The minimum absolute atomic E-state index is 0.131. The number of ether oxygens (including phenoxy) is 1. The molecule has 0 aromatic heterocycles. The molecule has 5 nitrogen and oxygen atoms in total. The van der Waals surface area contributed by atoms with Crippen molar-refractivity contribution in [3.63, 3.8) is 0 Å². The molecule has 0 radical (unpaired) electrons. The van der Waals surface area contributed by atoms with Gasteiger partial charge in [0.05, 0.1) is 17.1 Å². The molecule has 0 amide bonds. The molecule has 1 fully saturated rings. The van der Waals surface area contributed by atoms with Crippen LogP contribution in [-0.2, 0) is 14.8 Å². The van der Waals surface area contributed by atoms with Gasteiger partial charge < -0.3 is 10.1 Å². The molecule has 0 spiro atoms. The van der Waals surface area contributed by atoms with Crippen LogP contribution in [0.15, 0.2) is 29.2 Å². The van der Waals surface area contributed by atoms with E-state index in [1.54, 1.807) is 12.1 Å². The summed E-state index contributed by atoms with van der Waals surface area (Å²) in [6.07, 6.45) is 2.37. The Balaban J connectivity index is 2.03. The zero-order valence-corrected chi connectivity index (χ0v) is 12.0. The van der Waals surface area contributed by atoms with Crippen molar-refractivity contribution in [1.29, 1.82) is 0 Å². The van der Waals surface area contributed by atoms with Crippen molar-refractivity contribution < 1.29 is 13.2 Å². The van der Waals surface area contributed by atoms with Gasteiger partial charge in [-0.15, -0.1) is 0 Å². The maximum Gasteiger partial charge on any atom is 0.238 e. The highest BCUT2D eigenvalue weighted by molar-refractivity contribution is 7.89. The van der Waals surface area contributed by atoms with Crippen LogP contribution in [0, 0.1) is 0 Å². The molecule has 2 atom stereocenters. The number of anilines is 1. The van der Waals surface area contributed by atoms with Crippen LogP contribution in [0.4, 0.5) is 5.69 Å². The predicted octanol–water partition coefficient (Wildman–Crippen LogP) is 1.70. The van der Waals surface area contributed by atoms with E-state index in [1.807, 2.05) is 0 Å². The topological polar surface area (TPSA) is 81.4 Å². The van der Waals surface area contributed by atoms with E-state index in [0.717, 1.165) is 18.5 Å². The fourth-order valence-corrected chi connectivity index (χ4v) is 3.02. The van der Waals surface area contributed by atoms with Crippen molar-refractivity contribution in [1.82, 2.24) is 0 Å². The third kappa shape index (κ3) is 3.92. The first-order chi connectivity index (χ1) is 8.84. The first kappa shape index (κ1) is 14.3. The fraction of sp³-hybridized carbons (Fsp3) is 0.538. The monoisotopic (exact) mass is 284 g/mol. The van der Waals surface area contributed by atoms with Gasteiger partial charge in [-0.25, -0.2) is 13.6 Å². The zero-order chi connectivity index (χ0) is 14.0. The molecule has 1 heterocycles. The zero-order valence-electron chi connectivity index (χ0n) is 11.2. The average molecular weight is 284 g/mol. The number of nitrogens with one attached hydrogen (secondary N) is 1. The first-order valence-electron chi connectivity index (χ1n) is 6.39. The number of benzene rings is 1. The molecule has 0 bridgehead atoms. The highest BCUT2D eigenvalue weighted by Gasteiger charge is 2.24. The lowest BCUT2D eigenvalue weighted by Gasteiger charge is -2.33. The van der Waals surface area contributed by atoms with Crippen molar-refractivity contribution in [3.05, 3.63) is 24.3 Å². The molecule has 0 aliphatic carbocycles. The normalized spacial score (nSPS) is 28.1. The SMILES string of the molecule is CC1CC(Nc2ccc(S(N)(=O)=O)cc2)CC(C)O1. The van der Waals surface area contributed by atoms with E-state index < -0.39 is 10.0 Å². The summed E-state index contributed by atoms with van der Waals surface area (Å²) < 4.78 is 28.0. The summed E-state index contributed by atoms with van der Waals surface area (Å²) in [6, 6.07) is 6.86. The number of primary sulfonamides is 1. The second kappa shape index (κ2) is 5.48. The average Bonchev–Trinajstić information content (AvgIpc) is 2.26. The summed E-state index contributed by atoms with van der Waals surface area (Å²) in [4.78, 5) is 0.131. The second-order valence-electron chi connectivity index (χ2n) is 5.14. The minimum atomic E-state index is -3.62. The van der Waals surface area contributed by atoms with Gasteiger partial charge in [-0.1, -0.05) is 0 Å². The number of sulfonamides is 1. The van der Waals surface area contributed by atoms with Gasteiger partial charge in [0.25, 0.3) is 0 Å². The number of nitrogens with two attached hydrogens (primary N) is 1. The van der Waals surface area contributed by atoms with E-state index >= 15 is 0 Å². The van der Waals surface area contributed by atoms with Crippen LogP contribution in [0.3, 0.4) is 0 Å². The number of hydrogen-bond acceptors (Lipinski definition) is 4. The molecular weight excluding hydrogens is 264 g/mol. The largest absolute Gasteiger partial charge is 0.382 e. The molecule has 3 N–H and O–H groups in total. The third-order valence-corrected chi connectivity index (χ3v) is 4.18. The van der Waals surface area contributed by atoms with Crippen LogP contribution < -0.4 is 10.5 Å². The third-order valence-electron chi connectivity index (χ3n) is 3.25. The Bertz CT molecular complexity index is 517. The summed E-state index contributed by atoms with van der Waals surface area (Å²) >= 11 is 0. The molecule has 2 unspecified atom stereocenters. The highest BCUT2D eigenvalue weighted by atomic mass is 32.2. The maximum absolute atomic E-state index is 11.2. The van der Waals surface area contributed by atoms with E-state index in [-0.39, 0.29) is 17.1 Å². The van der Waals surface area contributed by atoms with Crippen LogP contribution in [0.2, 0.25) is 0 Å². The van der Waals surface area contributed by atoms with Crippen LogP contribution >= 0.6 is 0 Å². The molecule has 1 saturated heterocycles. The Morgan fingerprint density at radius 2 is 1.68 bits per heavy atom. The van der Waals surface area contributed by atoms with Gasteiger partial charge in [-0.3, -0.25) is 0 Å². The Morgan fingerprint density at radius 3 is 2.16 bits per heavy atom. The predicted molar refractivity (Wildman–Crippen MR) is 74.5 cm³/mol. The van der Waals surface area contributed by atoms with Gasteiger partial charge in [-0.05, 0) is 51.0 Å². The number of rotatable bonds is 3. The summed E-state index contributed by atoms with van der Waals surface area (Å²) in [7, 11) is -3.62. The van der Waals surface area contributed by atoms with Crippen LogP contribution in [-0.4, -0.2) is 26.7 Å². The van der Waals surface area contributed by atoms with Crippen LogP contribution in [0.5, 0.6) is 0 Å². The Kier molecular flexibility index (Phi) is 4.13. The molecule has 106 valence electrons. The van der Waals surface area contributed by atoms with E-state index in [2.05, 4.69) is 19.2 Å². The van der Waals surface area contributed by atoms with Gasteiger partial charge in [0.2, 0.25) is 10.0 Å². The summed E-state index contributed by atoms with van der Waals surface area (Å²) in [5, 5.41) is 8.47. The molecular formula is C13H20N2O3S. The molecule has 6 heteroatoms. The molecule has 1 aromatic carbocycles. The minimum Gasteiger partial charge on any atom is -0.382 e. The molecule has 1 aliphatic heterocycles. The smallest absolute Gasteiger partial charge is 0.238 e. The van der Waals surface area contributed by atoms with Crippen LogP contribution in [0.25, 0.3) is 0 Å². The molecule has 1 aliphatic rings. The summed E-state index contributed by atoms with van der Waals surface area (Å²) in [5.41, 5.74) is 0.902. The molecule has 19 heavy (non-hydrogen) atoms. The van der Waals surface area contributed by atoms with Crippen molar-refractivity contribution in [3.8, 4) is 0 Å². The molecule has 1 aromatic rings. The van der Waals surface area contributed by atoms with Crippen molar-refractivity contribution in [2.45, 2.75) is 49.8 Å². The Labute approximate surface area is 114 Å². The fourth-order valence-electron chi connectivity index (χ4n) is 2.50. The van der Waals surface area contributed by atoms with Crippen molar-refractivity contribution >= 4 is 15.7 Å². The van der Waals surface area contributed by atoms with E-state index in [4.69, 9.17) is 9.88 Å². The van der Waals surface area contributed by atoms with Gasteiger partial charge >= 0.3 is 0 Å². The Hall–Kier alpha value is -1.11. The molecule has 2 rings (SSSR count). The molecule has 0 saturated carbocycles.